The van der Waals surface area contributed by atoms with Crippen molar-refractivity contribution in [2.75, 3.05) is 0 Å². The summed E-state index contributed by atoms with van der Waals surface area (Å²) in [5.41, 5.74) is 0. The average Bonchev–Trinajstić information content (AvgIpc) is 2.50. The van der Waals surface area contributed by atoms with Crippen molar-refractivity contribution in [3.63, 3.8) is 0 Å². The molecule has 1 N–H and O–H groups in total. The van der Waals surface area contributed by atoms with Gasteiger partial charge >= 0.3 is 0 Å². The Labute approximate surface area is 64.6 Å². The van der Waals surface area contributed by atoms with Gasteiger partial charge in [-0.3, -0.25) is 4.79 Å². The number of furan rings is 1. The van der Waals surface area contributed by atoms with Crippen molar-refractivity contribution in [2.45, 2.75) is 20.0 Å². The first kappa shape index (κ1) is 8.01. The number of hydrogen-bond acceptors (Lipinski definition) is 3. The Morgan fingerprint density at radius 3 is 2.82 bits per heavy atom. The van der Waals surface area contributed by atoms with Gasteiger partial charge in [0, 0.05) is 6.42 Å². The molecule has 0 amide bonds. The molecule has 1 aromatic rings. The Kier molecular flexibility index (Phi) is 2.44. The molecule has 60 valence electrons. The molecular weight excluding hydrogens is 144 g/mol. The molecule has 0 bridgehead atoms. The van der Waals surface area contributed by atoms with E-state index in [1.165, 1.54) is 0 Å². The lowest BCUT2D eigenvalue weighted by Gasteiger charge is -1.89. The molecule has 0 aromatic carbocycles. The molecule has 3 nitrogen and oxygen atoms in total. The van der Waals surface area contributed by atoms with Crippen molar-refractivity contribution in [1.29, 1.82) is 0 Å². The lowest BCUT2D eigenvalue weighted by molar-refractivity contribution is 0.0957. The van der Waals surface area contributed by atoms with Crippen LogP contribution in [0.1, 0.15) is 29.7 Å². The number of Topliss-reactive ketones (excluding diaryl/α,β-unsaturated/α-hetero) is 1. The summed E-state index contributed by atoms with van der Waals surface area (Å²) in [6.45, 7) is 1.61. The maximum atomic E-state index is 11.0. The van der Waals surface area contributed by atoms with Gasteiger partial charge in [-0.1, -0.05) is 6.92 Å². The molecule has 1 heterocycles. The number of carbonyl (C=O) groups excluding carboxylic acids is 1. The van der Waals surface area contributed by atoms with E-state index in [2.05, 4.69) is 0 Å². The van der Waals surface area contributed by atoms with Crippen LogP contribution in [0.2, 0.25) is 0 Å². The molecular formula is C8H10O3. The second kappa shape index (κ2) is 3.34. The fraction of sp³-hybridized carbons (Fsp3) is 0.375. The number of aliphatic hydroxyl groups is 1. The number of aliphatic hydroxyl groups excluding tert-OH is 1. The van der Waals surface area contributed by atoms with Gasteiger partial charge in [-0.2, -0.15) is 0 Å². The van der Waals surface area contributed by atoms with Crippen molar-refractivity contribution in [2.24, 2.45) is 0 Å². The Balaban J connectivity index is 2.80. The summed E-state index contributed by atoms with van der Waals surface area (Å²) >= 11 is 0. The van der Waals surface area contributed by atoms with Crippen molar-refractivity contribution < 1.29 is 14.3 Å². The van der Waals surface area contributed by atoms with Gasteiger partial charge in [0.2, 0.25) is 0 Å². The lowest BCUT2D eigenvalue weighted by Crippen LogP contribution is -1.92. The van der Waals surface area contributed by atoms with Gasteiger partial charge in [-0.05, 0) is 12.1 Å². The SMILES string of the molecule is CCC(=O)c1ccc(CO)o1. The summed E-state index contributed by atoms with van der Waals surface area (Å²) in [6.07, 6.45) is 0.429. The Hall–Kier alpha value is -1.09. The summed E-state index contributed by atoms with van der Waals surface area (Å²) in [7, 11) is 0. The largest absolute Gasteiger partial charge is 0.456 e. The molecule has 0 saturated carbocycles. The minimum absolute atomic E-state index is 0.0373. The molecule has 11 heavy (non-hydrogen) atoms. The summed E-state index contributed by atoms with van der Waals surface area (Å²) in [6, 6.07) is 3.18. The summed E-state index contributed by atoms with van der Waals surface area (Å²) in [4.78, 5) is 11.0. The average molecular weight is 154 g/mol. The molecule has 0 saturated heterocycles. The maximum absolute atomic E-state index is 11.0. The molecule has 0 radical (unpaired) electrons. The quantitative estimate of drug-likeness (QED) is 0.669. The van der Waals surface area contributed by atoms with Crippen LogP contribution in [0.3, 0.4) is 0 Å². The molecule has 0 aliphatic carbocycles. The van der Waals surface area contributed by atoms with E-state index in [9.17, 15) is 4.79 Å². The van der Waals surface area contributed by atoms with E-state index in [1.807, 2.05) is 0 Å². The van der Waals surface area contributed by atoms with Crippen LogP contribution in [0.4, 0.5) is 0 Å². The second-order valence-electron chi connectivity index (χ2n) is 2.20. The highest BCUT2D eigenvalue weighted by molar-refractivity contribution is 5.93. The third kappa shape index (κ3) is 1.68. The normalized spacial score (nSPS) is 10.0. The number of rotatable bonds is 3. The Bertz CT molecular complexity index is 250. The van der Waals surface area contributed by atoms with Crippen LogP contribution < -0.4 is 0 Å². The van der Waals surface area contributed by atoms with Crippen LogP contribution in [-0.4, -0.2) is 10.9 Å². The molecule has 0 aliphatic rings. The standard InChI is InChI=1S/C8H10O3/c1-2-7(10)8-4-3-6(5-9)11-8/h3-4,9H,2,5H2,1H3. The highest BCUT2D eigenvalue weighted by Gasteiger charge is 2.07. The smallest absolute Gasteiger partial charge is 0.197 e. The van der Waals surface area contributed by atoms with Gasteiger partial charge in [-0.15, -0.1) is 0 Å². The lowest BCUT2D eigenvalue weighted by atomic mass is 10.2. The first-order valence-electron chi connectivity index (χ1n) is 3.50. The minimum Gasteiger partial charge on any atom is -0.456 e. The topological polar surface area (TPSA) is 50.4 Å². The molecule has 0 spiro atoms. The number of ketones is 1. The van der Waals surface area contributed by atoms with Gasteiger partial charge < -0.3 is 9.52 Å². The minimum atomic E-state index is -0.156. The first-order chi connectivity index (χ1) is 5.27. The molecule has 1 aromatic heterocycles. The van der Waals surface area contributed by atoms with Crippen molar-refractivity contribution in [3.05, 3.63) is 23.7 Å². The van der Waals surface area contributed by atoms with Crippen LogP contribution in [0.5, 0.6) is 0 Å². The van der Waals surface area contributed by atoms with Crippen molar-refractivity contribution in [3.8, 4) is 0 Å². The van der Waals surface area contributed by atoms with E-state index in [0.717, 1.165) is 0 Å². The molecule has 0 atom stereocenters. The third-order valence-corrected chi connectivity index (χ3v) is 1.41. The van der Waals surface area contributed by atoms with E-state index < -0.39 is 0 Å². The second-order valence-corrected chi connectivity index (χ2v) is 2.20. The highest BCUT2D eigenvalue weighted by atomic mass is 16.4. The number of hydrogen-bond donors (Lipinski definition) is 1. The van der Waals surface area contributed by atoms with Crippen molar-refractivity contribution >= 4 is 5.78 Å². The zero-order chi connectivity index (χ0) is 8.27. The summed E-state index contributed by atoms with van der Waals surface area (Å²) < 4.78 is 4.99. The van der Waals surface area contributed by atoms with E-state index in [0.29, 0.717) is 17.9 Å². The fourth-order valence-corrected chi connectivity index (χ4v) is 0.787. The summed E-state index contributed by atoms with van der Waals surface area (Å²) in [5, 5.41) is 8.60. The van der Waals surface area contributed by atoms with Gasteiger partial charge in [0.1, 0.15) is 12.4 Å². The first-order valence-corrected chi connectivity index (χ1v) is 3.50. The Morgan fingerprint density at radius 2 is 2.36 bits per heavy atom. The summed E-state index contributed by atoms with van der Waals surface area (Å²) in [5.74, 6) is 0.725. The zero-order valence-corrected chi connectivity index (χ0v) is 6.33. The van der Waals surface area contributed by atoms with Crippen LogP contribution >= 0.6 is 0 Å². The third-order valence-electron chi connectivity index (χ3n) is 1.41. The molecule has 0 aliphatic heterocycles. The number of carbonyl (C=O) groups is 1. The fourth-order valence-electron chi connectivity index (χ4n) is 0.787. The Morgan fingerprint density at radius 1 is 1.64 bits per heavy atom. The molecule has 1 rings (SSSR count). The van der Waals surface area contributed by atoms with Crippen LogP contribution in [0.15, 0.2) is 16.5 Å². The predicted molar refractivity (Wildman–Crippen MR) is 39.3 cm³/mol. The molecule has 0 fully saturated rings. The predicted octanol–water partition coefficient (Wildman–Crippen LogP) is 1.36. The van der Waals surface area contributed by atoms with Crippen LogP contribution in [0.25, 0.3) is 0 Å². The van der Waals surface area contributed by atoms with Crippen molar-refractivity contribution in [1.82, 2.24) is 0 Å². The van der Waals surface area contributed by atoms with Crippen LogP contribution in [-0.2, 0) is 6.61 Å². The van der Waals surface area contributed by atoms with Gasteiger partial charge in [-0.25, -0.2) is 0 Å². The van der Waals surface area contributed by atoms with E-state index >= 15 is 0 Å². The highest BCUT2D eigenvalue weighted by Crippen LogP contribution is 2.09. The molecule has 0 unspecified atom stereocenters. The zero-order valence-electron chi connectivity index (χ0n) is 6.33. The van der Waals surface area contributed by atoms with Gasteiger partial charge in [0.05, 0.1) is 0 Å². The van der Waals surface area contributed by atoms with E-state index in [-0.39, 0.29) is 12.4 Å². The maximum Gasteiger partial charge on any atom is 0.197 e. The van der Waals surface area contributed by atoms with E-state index in [4.69, 9.17) is 9.52 Å². The van der Waals surface area contributed by atoms with Crippen LogP contribution in [0, 0.1) is 0 Å². The van der Waals surface area contributed by atoms with Gasteiger partial charge in [0.15, 0.2) is 11.5 Å². The molecule has 3 heteroatoms. The van der Waals surface area contributed by atoms with E-state index in [1.54, 1.807) is 19.1 Å². The van der Waals surface area contributed by atoms with Gasteiger partial charge in [0.25, 0.3) is 0 Å². The monoisotopic (exact) mass is 154 g/mol.